The zero-order chi connectivity index (χ0) is 24.7. The molecule has 4 rings (SSSR count). The van der Waals surface area contributed by atoms with Crippen LogP contribution in [0.4, 0.5) is 4.39 Å². The van der Waals surface area contributed by atoms with Gasteiger partial charge < -0.3 is 15.2 Å². The Balaban J connectivity index is 1.60. The molecule has 3 atom stereocenters. The lowest BCUT2D eigenvalue weighted by Gasteiger charge is -2.47. The number of halogens is 1. The van der Waals surface area contributed by atoms with Gasteiger partial charge in [-0.2, -0.15) is 0 Å². The Hall–Kier alpha value is -3.13. The van der Waals surface area contributed by atoms with Gasteiger partial charge in [0.25, 0.3) is 5.91 Å². The molecule has 35 heavy (non-hydrogen) atoms. The van der Waals surface area contributed by atoms with E-state index >= 15 is 4.39 Å². The largest absolute Gasteiger partial charge is 0.396 e. The highest BCUT2D eigenvalue weighted by molar-refractivity contribution is 7.80. The minimum Gasteiger partial charge on any atom is -0.396 e. The van der Waals surface area contributed by atoms with Gasteiger partial charge in [0.1, 0.15) is 5.82 Å². The fourth-order valence-corrected chi connectivity index (χ4v) is 5.09. The molecule has 0 radical (unpaired) electrons. The zero-order valence-corrected chi connectivity index (χ0v) is 20.1. The van der Waals surface area contributed by atoms with Gasteiger partial charge in [-0.25, -0.2) is 4.39 Å². The Morgan fingerprint density at radius 1 is 1.00 bits per heavy atom. The monoisotopic (exact) mass is 492 g/mol. The molecule has 182 valence electrons. The van der Waals surface area contributed by atoms with E-state index in [1.807, 2.05) is 36.4 Å². The summed E-state index contributed by atoms with van der Waals surface area (Å²) in [5.41, 5.74) is 0.846. The first-order chi connectivity index (χ1) is 17.0. The molecule has 1 amide bonds. The van der Waals surface area contributed by atoms with Crippen LogP contribution in [0, 0.1) is 11.7 Å². The first-order valence-electron chi connectivity index (χ1n) is 11.7. The van der Waals surface area contributed by atoms with Gasteiger partial charge in [0.15, 0.2) is 5.11 Å². The number of benzene rings is 3. The second kappa shape index (κ2) is 11.5. The number of amides is 1. The molecule has 5 nitrogen and oxygen atoms in total. The summed E-state index contributed by atoms with van der Waals surface area (Å²) in [5.74, 6) is -1.10. The number of carbonyl (C=O) groups is 1. The number of hydrogen-bond acceptors (Lipinski definition) is 4. The third-order valence-corrected chi connectivity index (χ3v) is 6.79. The van der Waals surface area contributed by atoms with Crippen molar-refractivity contribution in [2.45, 2.75) is 37.5 Å². The zero-order valence-electron chi connectivity index (χ0n) is 19.3. The fourth-order valence-electron chi connectivity index (χ4n) is 4.81. The van der Waals surface area contributed by atoms with Crippen molar-refractivity contribution in [3.05, 3.63) is 107 Å². The summed E-state index contributed by atoms with van der Waals surface area (Å²) >= 11 is 5.52. The molecular weight excluding hydrogens is 463 g/mol. The van der Waals surface area contributed by atoms with Crippen molar-refractivity contribution < 1.29 is 19.0 Å². The van der Waals surface area contributed by atoms with E-state index in [1.54, 1.807) is 42.5 Å². The molecule has 0 spiro atoms. The number of thiocarbonyl (C=S) groups is 1. The molecular formula is C28H29FN2O3S. The van der Waals surface area contributed by atoms with Crippen LogP contribution < -0.4 is 10.6 Å². The Bertz CT molecular complexity index is 1150. The van der Waals surface area contributed by atoms with E-state index in [9.17, 15) is 9.90 Å². The van der Waals surface area contributed by atoms with Crippen LogP contribution in [-0.4, -0.2) is 28.8 Å². The van der Waals surface area contributed by atoms with E-state index in [0.29, 0.717) is 30.6 Å². The van der Waals surface area contributed by atoms with E-state index in [2.05, 4.69) is 10.6 Å². The normalized spacial score (nSPS) is 21.8. The van der Waals surface area contributed by atoms with Crippen LogP contribution >= 0.6 is 12.2 Å². The number of aliphatic hydroxyl groups is 1. The minimum absolute atomic E-state index is 0.0734. The lowest BCUT2D eigenvalue weighted by molar-refractivity contribution is -0.0397. The summed E-state index contributed by atoms with van der Waals surface area (Å²) in [6.45, 7) is 0.264. The maximum atomic E-state index is 15.2. The van der Waals surface area contributed by atoms with Crippen molar-refractivity contribution in [2.24, 2.45) is 5.92 Å². The maximum Gasteiger partial charge on any atom is 0.257 e. The van der Waals surface area contributed by atoms with Crippen LogP contribution in [0.1, 0.15) is 40.7 Å². The van der Waals surface area contributed by atoms with Gasteiger partial charge in [-0.3, -0.25) is 10.1 Å². The molecule has 0 aliphatic heterocycles. The average molecular weight is 493 g/mol. The van der Waals surface area contributed by atoms with Crippen molar-refractivity contribution in [3.8, 4) is 0 Å². The summed E-state index contributed by atoms with van der Waals surface area (Å²) in [5, 5.41) is 16.3. The minimum atomic E-state index is -1.05. The van der Waals surface area contributed by atoms with E-state index in [4.69, 9.17) is 17.0 Å². The Morgan fingerprint density at radius 3 is 2.34 bits per heavy atom. The van der Waals surface area contributed by atoms with Crippen molar-refractivity contribution in [1.29, 1.82) is 0 Å². The van der Waals surface area contributed by atoms with E-state index in [1.165, 1.54) is 6.07 Å². The van der Waals surface area contributed by atoms with Gasteiger partial charge in [-0.15, -0.1) is 0 Å². The highest BCUT2D eigenvalue weighted by atomic mass is 32.1. The average Bonchev–Trinajstić information content (AvgIpc) is 2.88. The molecule has 3 aromatic carbocycles. The second-order valence-corrected chi connectivity index (χ2v) is 9.21. The summed E-state index contributed by atoms with van der Waals surface area (Å²) < 4.78 is 21.4. The van der Waals surface area contributed by atoms with Crippen LogP contribution in [0.2, 0.25) is 0 Å². The van der Waals surface area contributed by atoms with E-state index < -0.39 is 11.4 Å². The Labute approximate surface area is 210 Å². The molecule has 0 aromatic heterocycles. The molecule has 0 heterocycles. The first-order valence-corrected chi connectivity index (χ1v) is 12.1. The molecule has 3 N–H and O–H groups in total. The van der Waals surface area contributed by atoms with Crippen LogP contribution in [0.3, 0.4) is 0 Å². The second-order valence-electron chi connectivity index (χ2n) is 8.81. The molecule has 3 unspecified atom stereocenters. The smallest absolute Gasteiger partial charge is 0.257 e. The van der Waals surface area contributed by atoms with Crippen molar-refractivity contribution >= 4 is 23.2 Å². The maximum absolute atomic E-state index is 15.2. The van der Waals surface area contributed by atoms with Gasteiger partial charge in [0, 0.05) is 30.1 Å². The van der Waals surface area contributed by atoms with Gasteiger partial charge in [-0.1, -0.05) is 66.7 Å². The van der Waals surface area contributed by atoms with Gasteiger partial charge in [0.05, 0.1) is 18.2 Å². The predicted octanol–water partition coefficient (Wildman–Crippen LogP) is 4.70. The van der Waals surface area contributed by atoms with Gasteiger partial charge in [0.2, 0.25) is 0 Å². The Morgan fingerprint density at radius 2 is 1.66 bits per heavy atom. The molecule has 0 saturated heterocycles. The third-order valence-electron chi connectivity index (χ3n) is 6.59. The quantitative estimate of drug-likeness (QED) is 0.417. The highest BCUT2D eigenvalue weighted by Gasteiger charge is 2.47. The molecule has 1 aliphatic rings. The molecule has 0 bridgehead atoms. The lowest BCUT2D eigenvalue weighted by Crippen LogP contribution is -2.59. The van der Waals surface area contributed by atoms with Crippen molar-refractivity contribution in [3.63, 3.8) is 0 Å². The molecule has 3 aromatic rings. The third kappa shape index (κ3) is 5.93. The van der Waals surface area contributed by atoms with E-state index in [0.717, 1.165) is 12.0 Å². The molecule has 1 aliphatic carbocycles. The molecule has 1 fully saturated rings. The Kier molecular flexibility index (Phi) is 8.23. The SMILES string of the molecule is O=C(NC(=S)NC1(c2ccccc2F)CC(OCc2ccccc2)CCC1CO)c1ccccc1. The summed E-state index contributed by atoms with van der Waals surface area (Å²) in [6, 6.07) is 25.1. The van der Waals surface area contributed by atoms with Crippen LogP contribution in [0.5, 0.6) is 0 Å². The first kappa shape index (κ1) is 25.0. The molecule has 7 heteroatoms. The summed E-state index contributed by atoms with van der Waals surface area (Å²) in [4.78, 5) is 12.7. The van der Waals surface area contributed by atoms with Crippen LogP contribution in [0.15, 0.2) is 84.9 Å². The number of aliphatic hydroxyl groups excluding tert-OH is 1. The number of carbonyl (C=O) groups excluding carboxylic acids is 1. The molecule has 1 saturated carbocycles. The number of nitrogens with one attached hydrogen (secondary N) is 2. The van der Waals surface area contributed by atoms with Crippen molar-refractivity contribution in [1.82, 2.24) is 10.6 Å². The standard InChI is InChI=1S/C28H29FN2O3S/c29-25-14-8-7-13-24(25)28(31-27(35)30-26(33)21-11-5-2-6-12-21)17-23(16-15-22(28)18-32)34-19-20-9-3-1-4-10-20/h1-14,22-23,32H,15-19H2,(H2,30,31,33,35). The van der Waals surface area contributed by atoms with E-state index in [-0.39, 0.29) is 29.6 Å². The van der Waals surface area contributed by atoms with Gasteiger partial charge in [-0.05, 0) is 48.8 Å². The number of hydrogen-bond donors (Lipinski definition) is 3. The number of ether oxygens (including phenoxy) is 1. The van der Waals surface area contributed by atoms with Crippen LogP contribution in [0.25, 0.3) is 0 Å². The highest BCUT2D eigenvalue weighted by Crippen LogP contribution is 2.43. The number of rotatable bonds is 7. The predicted molar refractivity (Wildman–Crippen MR) is 137 cm³/mol. The fraction of sp³-hybridized carbons (Fsp3) is 0.286. The summed E-state index contributed by atoms with van der Waals surface area (Å²) in [7, 11) is 0. The lowest BCUT2D eigenvalue weighted by atomic mass is 9.68. The van der Waals surface area contributed by atoms with Crippen molar-refractivity contribution in [2.75, 3.05) is 6.61 Å². The summed E-state index contributed by atoms with van der Waals surface area (Å²) in [6.07, 6.45) is 1.51. The topological polar surface area (TPSA) is 70.6 Å². The van der Waals surface area contributed by atoms with Crippen LogP contribution in [-0.2, 0) is 16.9 Å². The van der Waals surface area contributed by atoms with Gasteiger partial charge >= 0.3 is 0 Å².